The summed E-state index contributed by atoms with van der Waals surface area (Å²) in [7, 11) is 0. The monoisotopic (exact) mass is 400 g/mol. The van der Waals surface area contributed by atoms with Gasteiger partial charge in [-0.3, -0.25) is 19.5 Å². The van der Waals surface area contributed by atoms with E-state index in [-0.39, 0.29) is 24.3 Å². The summed E-state index contributed by atoms with van der Waals surface area (Å²) in [6.07, 6.45) is 1.74. The molecule has 28 heavy (non-hydrogen) atoms. The van der Waals surface area contributed by atoms with Crippen LogP contribution in [0.1, 0.15) is 12.6 Å². The molecule has 0 saturated carbocycles. The molecule has 3 heterocycles. The van der Waals surface area contributed by atoms with Crippen LogP contribution >= 0.6 is 11.6 Å². The quantitative estimate of drug-likeness (QED) is 0.794. The lowest BCUT2D eigenvalue weighted by molar-refractivity contribution is -0.131. The summed E-state index contributed by atoms with van der Waals surface area (Å²) in [4.78, 5) is 32.4. The third-order valence-electron chi connectivity index (χ3n) is 5.05. The topological polar surface area (TPSA) is 74.8 Å². The molecule has 1 saturated heterocycles. The van der Waals surface area contributed by atoms with Crippen molar-refractivity contribution in [2.24, 2.45) is 0 Å². The predicted octanol–water partition coefficient (Wildman–Crippen LogP) is 2.35. The summed E-state index contributed by atoms with van der Waals surface area (Å²) in [6.45, 7) is 4.89. The standard InChI is InChI=1S/C20H21ClN4O3/c1-13-11-25(16-4-2-14(21)3-5-16)7-6-24(13)12-19(26)23-15-8-18-17(22-10-15)9-20(27)28-18/h2-5,8,10,13H,6-7,9,11-12H2,1H3,(H,23,26)/t13-/m1/s1. The van der Waals surface area contributed by atoms with E-state index < -0.39 is 0 Å². The first-order chi connectivity index (χ1) is 13.5. The Bertz CT molecular complexity index is 903. The summed E-state index contributed by atoms with van der Waals surface area (Å²) in [6, 6.07) is 9.70. The van der Waals surface area contributed by atoms with Crippen molar-refractivity contribution in [2.75, 3.05) is 36.4 Å². The Hall–Kier alpha value is -2.64. The minimum atomic E-state index is -0.321. The number of hydrogen-bond donors (Lipinski definition) is 1. The van der Waals surface area contributed by atoms with Gasteiger partial charge in [-0.25, -0.2) is 0 Å². The molecule has 146 valence electrons. The number of aromatic nitrogens is 1. The van der Waals surface area contributed by atoms with Gasteiger partial charge in [-0.05, 0) is 31.2 Å². The maximum Gasteiger partial charge on any atom is 0.317 e. The van der Waals surface area contributed by atoms with Crippen LogP contribution < -0.4 is 15.0 Å². The van der Waals surface area contributed by atoms with E-state index in [0.717, 1.165) is 30.3 Å². The number of pyridine rings is 1. The molecule has 0 bridgehead atoms. The molecular weight excluding hydrogens is 380 g/mol. The van der Waals surface area contributed by atoms with E-state index >= 15 is 0 Å². The van der Waals surface area contributed by atoms with E-state index in [1.165, 1.54) is 0 Å². The fourth-order valence-corrected chi connectivity index (χ4v) is 3.69. The number of carbonyl (C=O) groups excluding carboxylic acids is 2. The van der Waals surface area contributed by atoms with Crippen LogP contribution in [-0.2, 0) is 16.0 Å². The highest BCUT2D eigenvalue weighted by molar-refractivity contribution is 6.30. The number of nitrogens with one attached hydrogen (secondary N) is 1. The Labute approximate surface area is 168 Å². The summed E-state index contributed by atoms with van der Waals surface area (Å²) in [5, 5.41) is 3.57. The van der Waals surface area contributed by atoms with Gasteiger partial charge in [0.05, 0.1) is 30.5 Å². The number of fused-ring (bicyclic) bond motifs is 1. The highest BCUT2D eigenvalue weighted by Crippen LogP contribution is 2.27. The summed E-state index contributed by atoms with van der Waals surface area (Å²) in [5.41, 5.74) is 2.28. The third kappa shape index (κ3) is 4.10. The number of amides is 1. The molecule has 7 nitrogen and oxygen atoms in total. The number of nitrogens with zero attached hydrogens (tertiary/aromatic N) is 3. The molecule has 2 aliphatic heterocycles. The van der Waals surface area contributed by atoms with Crippen LogP contribution in [0.5, 0.6) is 5.75 Å². The van der Waals surface area contributed by atoms with Crippen molar-refractivity contribution >= 4 is 34.9 Å². The van der Waals surface area contributed by atoms with E-state index in [2.05, 4.69) is 27.0 Å². The summed E-state index contributed by atoms with van der Waals surface area (Å²) in [5.74, 6) is -0.0102. The van der Waals surface area contributed by atoms with Gasteiger partial charge in [0, 0.05) is 42.5 Å². The smallest absolute Gasteiger partial charge is 0.317 e. The second kappa shape index (κ2) is 7.77. The molecule has 8 heteroatoms. The Morgan fingerprint density at radius 1 is 1.32 bits per heavy atom. The zero-order chi connectivity index (χ0) is 19.7. The van der Waals surface area contributed by atoms with Crippen molar-refractivity contribution < 1.29 is 14.3 Å². The molecule has 4 rings (SSSR count). The second-order valence-corrected chi connectivity index (χ2v) is 7.55. The average Bonchev–Trinajstić information content (AvgIpc) is 3.03. The minimum absolute atomic E-state index is 0.113. The van der Waals surface area contributed by atoms with Gasteiger partial charge in [0.2, 0.25) is 5.91 Å². The molecule has 1 N–H and O–H groups in total. The van der Waals surface area contributed by atoms with Gasteiger partial charge in [0.25, 0.3) is 0 Å². The van der Waals surface area contributed by atoms with Crippen LogP contribution in [0.2, 0.25) is 5.02 Å². The third-order valence-corrected chi connectivity index (χ3v) is 5.31. The molecule has 1 aromatic heterocycles. The van der Waals surface area contributed by atoms with E-state index in [0.29, 0.717) is 23.7 Å². The predicted molar refractivity (Wildman–Crippen MR) is 107 cm³/mol. The number of hydrogen-bond acceptors (Lipinski definition) is 6. The van der Waals surface area contributed by atoms with Gasteiger partial charge in [-0.1, -0.05) is 11.6 Å². The minimum Gasteiger partial charge on any atom is -0.424 e. The van der Waals surface area contributed by atoms with Crippen molar-refractivity contribution in [3.05, 3.63) is 47.2 Å². The lowest BCUT2D eigenvalue weighted by Crippen LogP contribution is -2.53. The molecule has 2 aliphatic rings. The largest absolute Gasteiger partial charge is 0.424 e. The van der Waals surface area contributed by atoms with Gasteiger partial charge in [-0.2, -0.15) is 0 Å². The molecule has 0 aliphatic carbocycles. The fraction of sp³-hybridized carbons (Fsp3) is 0.350. The molecule has 2 aromatic rings. The molecule has 1 amide bonds. The second-order valence-electron chi connectivity index (χ2n) is 7.11. The SMILES string of the molecule is C[C@@H]1CN(c2ccc(Cl)cc2)CCN1CC(=O)Nc1cnc2c(c1)OC(=O)C2. The lowest BCUT2D eigenvalue weighted by atomic mass is 10.1. The zero-order valence-corrected chi connectivity index (χ0v) is 16.3. The van der Waals surface area contributed by atoms with Crippen molar-refractivity contribution in [3.8, 4) is 5.75 Å². The van der Waals surface area contributed by atoms with E-state index in [4.69, 9.17) is 16.3 Å². The number of anilines is 2. The highest BCUT2D eigenvalue weighted by atomic mass is 35.5. The van der Waals surface area contributed by atoms with Crippen LogP contribution in [0.15, 0.2) is 36.5 Å². The van der Waals surface area contributed by atoms with Crippen molar-refractivity contribution in [1.29, 1.82) is 0 Å². The maximum absolute atomic E-state index is 12.5. The molecule has 0 unspecified atom stereocenters. The first kappa shape index (κ1) is 18.7. The highest BCUT2D eigenvalue weighted by Gasteiger charge is 2.26. The molecule has 1 aromatic carbocycles. The number of carbonyl (C=O) groups is 2. The number of piperazine rings is 1. The van der Waals surface area contributed by atoms with Crippen molar-refractivity contribution in [2.45, 2.75) is 19.4 Å². The fourth-order valence-electron chi connectivity index (χ4n) is 3.56. The van der Waals surface area contributed by atoms with E-state index in [1.54, 1.807) is 12.3 Å². The Balaban J connectivity index is 1.32. The van der Waals surface area contributed by atoms with Crippen molar-refractivity contribution in [3.63, 3.8) is 0 Å². The van der Waals surface area contributed by atoms with E-state index in [9.17, 15) is 9.59 Å². The van der Waals surface area contributed by atoms with Gasteiger partial charge >= 0.3 is 5.97 Å². The van der Waals surface area contributed by atoms with Crippen LogP contribution in [0, 0.1) is 0 Å². The zero-order valence-electron chi connectivity index (χ0n) is 15.5. The molecule has 1 fully saturated rings. The Morgan fingerprint density at radius 3 is 2.86 bits per heavy atom. The number of benzene rings is 1. The molecular formula is C20H21ClN4O3. The Morgan fingerprint density at radius 2 is 2.11 bits per heavy atom. The van der Waals surface area contributed by atoms with Crippen LogP contribution in [0.25, 0.3) is 0 Å². The number of rotatable bonds is 4. The van der Waals surface area contributed by atoms with E-state index in [1.807, 2.05) is 24.3 Å². The Kier molecular flexibility index (Phi) is 5.19. The molecule has 0 radical (unpaired) electrons. The van der Waals surface area contributed by atoms with Gasteiger partial charge < -0.3 is 15.0 Å². The van der Waals surface area contributed by atoms with Gasteiger partial charge in [-0.15, -0.1) is 0 Å². The normalized spacial score (nSPS) is 19.3. The van der Waals surface area contributed by atoms with Crippen LogP contribution in [0.3, 0.4) is 0 Å². The number of ether oxygens (including phenoxy) is 1. The van der Waals surface area contributed by atoms with Crippen LogP contribution in [-0.4, -0.2) is 54.0 Å². The lowest BCUT2D eigenvalue weighted by Gasteiger charge is -2.40. The van der Waals surface area contributed by atoms with Crippen molar-refractivity contribution in [1.82, 2.24) is 9.88 Å². The van der Waals surface area contributed by atoms with Gasteiger partial charge in [0.1, 0.15) is 0 Å². The number of halogens is 1. The number of esters is 1. The van der Waals surface area contributed by atoms with Crippen LogP contribution in [0.4, 0.5) is 11.4 Å². The first-order valence-electron chi connectivity index (χ1n) is 9.22. The average molecular weight is 401 g/mol. The summed E-state index contributed by atoms with van der Waals surface area (Å²) >= 11 is 5.96. The molecule has 1 atom stereocenters. The summed E-state index contributed by atoms with van der Waals surface area (Å²) < 4.78 is 5.08. The molecule has 0 spiro atoms. The van der Waals surface area contributed by atoms with Gasteiger partial charge in [0.15, 0.2) is 5.75 Å². The maximum atomic E-state index is 12.5. The first-order valence-corrected chi connectivity index (χ1v) is 9.60.